The molecular weight excluding hydrogens is 491 g/mol. The first-order chi connectivity index (χ1) is 17.2. The van der Waals surface area contributed by atoms with E-state index in [4.69, 9.17) is 38.3 Å². The molecule has 0 unspecified atom stereocenters. The van der Waals surface area contributed by atoms with E-state index in [1.54, 1.807) is 13.8 Å². The predicted octanol–water partition coefficient (Wildman–Crippen LogP) is 1.25. The Bertz CT molecular complexity index is 789. The van der Waals surface area contributed by atoms with E-state index in [0.29, 0.717) is 52.4 Å². The Morgan fingerprint density at radius 2 is 1.58 bits per heavy atom. The van der Waals surface area contributed by atoms with Crippen LogP contribution in [-0.4, -0.2) is 111 Å². The lowest BCUT2D eigenvalue weighted by Crippen LogP contribution is -2.55. The average Bonchev–Trinajstić information content (AvgIpc) is 3.16. The van der Waals surface area contributed by atoms with Crippen LogP contribution in [0.5, 0.6) is 0 Å². The van der Waals surface area contributed by atoms with E-state index in [2.05, 4.69) is 15.3 Å². The van der Waals surface area contributed by atoms with E-state index < -0.39 is 42.0 Å². The van der Waals surface area contributed by atoms with Crippen molar-refractivity contribution in [3.05, 3.63) is 18.1 Å². The minimum Gasteiger partial charge on any atom is -0.394 e. The molecule has 2 saturated heterocycles. The van der Waals surface area contributed by atoms with Gasteiger partial charge in [-0.3, -0.25) is 4.98 Å². The maximum absolute atomic E-state index is 13.0. The van der Waals surface area contributed by atoms with Crippen LogP contribution in [0, 0.1) is 0 Å². The fourth-order valence-electron chi connectivity index (χ4n) is 3.79. The maximum Gasteiger partial charge on any atom is 0.434 e. The van der Waals surface area contributed by atoms with E-state index in [1.807, 2.05) is 0 Å². The molecule has 0 aliphatic carbocycles. The summed E-state index contributed by atoms with van der Waals surface area (Å²) in [5.41, 5.74) is -1.09. The Kier molecular flexibility index (Phi) is 11.1. The number of rotatable bonds is 15. The number of nitrogens with zero attached hydrogens (tertiary/aromatic N) is 2. The summed E-state index contributed by atoms with van der Waals surface area (Å²) in [4.78, 5) is 7.24. The number of hydrogen-bond acceptors (Lipinski definition) is 11. The Balaban J connectivity index is 1.39. The van der Waals surface area contributed by atoms with Crippen LogP contribution in [0.25, 0.3) is 0 Å². The molecule has 36 heavy (non-hydrogen) atoms. The second-order valence-electron chi connectivity index (χ2n) is 8.61. The summed E-state index contributed by atoms with van der Waals surface area (Å²) in [6, 6.07) is -0.497. The molecule has 2 fully saturated rings. The van der Waals surface area contributed by atoms with Crippen LogP contribution < -0.4 is 5.32 Å². The van der Waals surface area contributed by atoms with Gasteiger partial charge < -0.3 is 43.6 Å². The van der Waals surface area contributed by atoms with Crippen molar-refractivity contribution < 1.29 is 51.4 Å². The van der Waals surface area contributed by atoms with Crippen molar-refractivity contribution in [1.82, 2.24) is 9.97 Å². The number of halogens is 3. The molecule has 1 aromatic heterocycles. The Hall–Kier alpha value is -1.65. The Morgan fingerprint density at radius 1 is 0.972 bits per heavy atom. The molecule has 1 aromatic rings. The first-order valence-corrected chi connectivity index (χ1v) is 11.7. The van der Waals surface area contributed by atoms with Gasteiger partial charge in [0, 0.05) is 0 Å². The highest BCUT2D eigenvalue weighted by atomic mass is 19.4. The summed E-state index contributed by atoms with van der Waals surface area (Å²) in [6.07, 6.45) is -4.12. The molecule has 0 amide bonds. The fraction of sp³-hybridized carbons (Fsp3) is 0.818. The number of nitrogens with one attached hydrogen (secondary N) is 1. The summed E-state index contributed by atoms with van der Waals surface area (Å²) >= 11 is 0. The maximum atomic E-state index is 13.0. The largest absolute Gasteiger partial charge is 0.434 e. The highest BCUT2D eigenvalue weighted by molar-refractivity contribution is 5.35. The van der Waals surface area contributed by atoms with Gasteiger partial charge in [-0.2, -0.15) is 13.2 Å². The number of aromatic nitrogens is 2. The topological polar surface area (TPSA) is 123 Å². The first-order valence-electron chi connectivity index (χ1n) is 11.7. The number of aliphatic hydroxyl groups excluding tert-OH is 1. The fourth-order valence-corrected chi connectivity index (χ4v) is 3.79. The van der Waals surface area contributed by atoms with Gasteiger partial charge in [0.25, 0.3) is 0 Å². The van der Waals surface area contributed by atoms with Gasteiger partial charge >= 0.3 is 6.18 Å². The SMILES string of the molecule is CC1(C)O[C@@H]2[C@H](O1)[C@@H](Nc1cncc(C(F)(F)F)n1)CO[C@@H]2COCCOCCOCCOCCO. The van der Waals surface area contributed by atoms with Crippen LogP contribution in [0.2, 0.25) is 0 Å². The summed E-state index contributed by atoms with van der Waals surface area (Å²) in [5.74, 6) is -0.925. The highest BCUT2D eigenvalue weighted by Crippen LogP contribution is 2.36. The van der Waals surface area contributed by atoms with E-state index >= 15 is 0 Å². The zero-order valence-electron chi connectivity index (χ0n) is 20.4. The number of alkyl halides is 3. The number of fused-ring (bicyclic) bond motifs is 1. The predicted molar refractivity (Wildman–Crippen MR) is 118 cm³/mol. The van der Waals surface area contributed by atoms with E-state index in [-0.39, 0.29) is 25.6 Å². The van der Waals surface area contributed by atoms with E-state index in [9.17, 15) is 13.2 Å². The van der Waals surface area contributed by atoms with Crippen LogP contribution >= 0.6 is 0 Å². The zero-order chi connectivity index (χ0) is 26.0. The van der Waals surface area contributed by atoms with Crippen LogP contribution in [0.15, 0.2) is 12.4 Å². The van der Waals surface area contributed by atoms with Crippen LogP contribution in [-0.2, 0) is 39.3 Å². The summed E-state index contributed by atoms with van der Waals surface area (Å²) in [6.45, 7) is 6.57. The Labute approximate surface area is 207 Å². The van der Waals surface area contributed by atoms with Crippen molar-refractivity contribution in [2.75, 3.05) is 71.4 Å². The summed E-state index contributed by atoms with van der Waals surface area (Å²) in [7, 11) is 0. The lowest BCUT2D eigenvalue weighted by atomic mass is 9.98. The molecule has 0 spiro atoms. The second-order valence-corrected chi connectivity index (χ2v) is 8.61. The van der Waals surface area contributed by atoms with Crippen LogP contribution in [0.4, 0.5) is 19.0 Å². The second kappa shape index (κ2) is 13.8. The van der Waals surface area contributed by atoms with Crippen molar-refractivity contribution >= 4 is 5.82 Å². The molecule has 0 bridgehead atoms. The van der Waals surface area contributed by atoms with Gasteiger partial charge in [0.15, 0.2) is 11.5 Å². The molecule has 3 heterocycles. The van der Waals surface area contributed by atoms with Gasteiger partial charge in [-0.05, 0) is 13.8 Å². The summed E-state index contributed by atoms with van der Waals surface area (Å²) in [5, 5.41) is 11.5. The normalized spacial score (nSPS) is 25.6. The minimum absolute atomic E-state index is 0.0141. The standard InChI is InChI=1S/C22H34F3N3O8/c1-21(2)35-19-15(27-18-12-26-11-17(28-18)22(23,24)25)13-34-16(20(19)36-21)14-33-10-9-32-8-7-31-6-5-30-4-3-29/h11-12,15-16,19-20,29H,3-10,13-14H2,1-2H3,(H,27,28)/t15-,16+,19+,20-/m0/s1. The molecule has 2 N–H and O–H groups in total. The molecule has 4 atom stereocenters. The Morgan fingerprint density at radius 3 is 2.22 bits per heavy atom. The number of anilines is 1. The van der Waals surface area contributed by atoms with Gasteiger partial charge in [-0.1, -0.05) is 0 Å². The third kappa shape index (κ3) is 9.03. The molecule has 2 aliphatic heterocycles. The molecule has 3 rings (SSSR count). The van der Waals surface area contributed by atoms with Crippen molar-refractivity contribution in [2.24, 2.45) is 0 Å². The third-order valence-electron chi connectivity index (χ3n) is 5.31. The third-order valence-corrected chi connectivity index (χ3v) is 5.31. The first kappa shape index (κ1) is 28.9. The molecule has 2 aliphatic rings. The van der Waals surface area contributed by atoms with Crippen LogP contribution in [0.3, 0.4) is 0 Å². The van der Waals surface area contributed by atoms with E-state index in [1.165, 1.54) is 6.20 Å². The number of hydrogen-bond donors (Lipinski definition) is 2. The molecule has 0 saturated carbocycles. The van der Waals surface area contributed by atoms with Gasteiger partial charge in [0.1, 0.15) is 24.1 Å². The lowest BCUT2D eigenvalue weighted by Gasteiger charge is -2.37. The minimum atomic E-state index is -4.60. The zero-order valence-corrected chi connectivity index (χ0v) is 20.4. The molecule has 14 heteroatoms. The smallest absolute Gasteiger partial charge is 0.394 e. The summed E-state index contributed by atoms with van der Waals surface area (Å²) < 4.78 is 78.4. The van der Waals surface area contributed by atoms with Crippen molar-refractivity contribution in [3.63, 3.8) is 0 Å². The van der Waals surface area contributed by atoms with Crippen molar-refractivity contribution in [2.45, 2.75) is 50.2 Å². The quantitative estimate of drug-likeness (QED) is 0.322. The molecule has 11 nitrogen and oxygen atoms in total. The van der Waals surface area contributed by atoms with Crippen molar-refractivity contribution in [1.29, 1.82) is 0 Å². The van der Waals surface area contributed by atoms with Gasteiger partial charge in [0.05, 0.1) is 84.5 Å². The molecule has 206 valence electrons. The molecular formula is C22H34F3N3O8. The monoisotopic (exact) mass is 525 g/mol. The van der Waals surface area contributed by atoms with Gasteiger partial charge in [-0.25, -0.2) is 4.98 Å². The molecule has 0 radical (unpaired) electrons. The highest BCUT2D eigenvalue weighted by Gasteiger charge is 2.52. The van der Waals surface area contributed by atoms with Crippen LogP contribution in [0.1, 0.15) is 19.5 Å². The number of aliphatic hydroxyl groups is 1. The van der Waals surface area contributed by atoms with Gasteiger partial charge in [0.2, 0.25) is 0 Å². The van der Waals surface area contributed by atoms with E-state index in [0.717, 1.165) is 0 Å². The van der Waals surface area contributed by atoms with Crippen molar-refractivity contribution in [3.8, 4) is 0 Å². The lowest BCUT2D eigenvalue weighted by molar-refractivity contribution is -0.160. The number of ether oxygens (including phenoxy) is 7. The van der Waals surface area contributed by atoms with Gasteiger partial charge in [-0.15, -0.1) is 0 Å². The molecule has 0 aromatic carbocycles. The average molecular weight is 526 g/mol.